The van der Waals surface area contributed by atoms with Crippen LogP contribution in [0.25, 0.3) is 0 Å². The Kier molecular flexibility index (Phi) is 5.51. The summed E-state index contributed by atoms with van der Waals surface area (Å²) in [5.41, 5.74) is -2.06. The summed E-state index contributed by atoms with van der Waals surface area (Å²) in [7, 11) is 0. The highest BCUT2D eigenvalue weighted by Crippen LogP contribution is 2.49. The van der Waals surface area contributed by atoms with Crippen LogP contribution in [0.5, 0.6) is 0 Å². The van der Waals surface area contributed by atoms with Gasteiger partial charge in [-0.15, -0.1) is 0 Å². The van der Waals surface area contributed by atoms with Crippen LogP contribution in [0.3, 0.4) is 0 Å². The Labute approximate surface area is 169 Å². The molecule has 0 unspecified atom stereocenters. The van der Waals surface area contributed by atoms with Crippen molar-refractivity contribution in [1.29, 1.82) is 0 Å². The molecule has 4 atom stereocenters. The summed E-state index contributed by atoms with van der Waals surface area (Å²) in [6.07, 6.45) is 0.890. The fourth-order valence-electron chi connectivity index (χ4n) is 3.89. The van der Waals surface area contributed by atoms with Crippen molar-refractivity contribution in [1.82, 2.24) is 0 Å². The maximum atomic E-state index is 12.5. The van der Waals surface area contributed by atoms with Crippen molar-refractivity contribution in [3.05, 3.63) is 35.1 Å². The number of fused-ring (bicyclic) bond motifs is 3. The molecule has 0 saturated carbocycles. The van der Waals surface area contributed by atoms with Crippen molar-refractivity contribution in [2.75, 3.05) is 13.2 Å². The number of esters is 2. The molecule has 0 aromatic carbocycles. The van der Waals surface area contributed by atoms with Crippen molar-refractivity contribution < 1.29 is 38.7 Å². The van der Waals surface area contributed by atoms with Crippen molar-refractivity contribution in [3.8, 4) is 0 Å². The number of hydrogen-bond donors (Lipinski definition) is 2. The number of ether oxygens (including phenoxy) is 4. The minimum Gasteiger partial charge on any atom is -0.454 e. The Bertz CT molecular complexity index is 807. The number of rotatable bonds is 5. The first-order chi connectivity index (χ1) is 13.4. The normalized spacial score (nSPS) is 38.3. The lowest BCUT2D eigenvalue weighted by atomic mass is 9.82. The van der Waals surface area contributed by atoms with E-state index in [0.717, 1.165) is 0 Å². The van der Waals surface area contributed by atoms with E-state index >= 15 is 0 Å². The van der Waals surface area contributed by atoms with Crippen LogP contribution in [0.4, 0.5) is 0 Å². The maximum Gasteiger partial charge on any atom is 0.342 e. The summed E-state index contributed by atoms with van der Waals surface area (Å²) >= 11 is 0. The minimum atomic E-state index is -1.85. The molecule has 160 valence electrons. The van der Waals surface area contributed by atoms with Gasteiger partial charge < -0.3 is 29.2 Å². The molecule has 3 aliphatic rings. The van der Waals surface area contributed by atoms with Gasteiger partial charge in [-0.05, 0) is 40.2 Å². The summed E-state index contributed by atoms with van der Waals surface area (Å²) in [4.78, 5) is 24.8. The first-order valence-electron chi connectivity index (χ1n) is 9.69. The summed E-state index contributed by atoms with van der Waals surface area (Å²) in [5, 5.41) is 22.2. The van der Waals surface area contributed by atoms with Gasteiger partial charge in [0.05, 0.1) is 17.8 Å². The van der Waals surface area contributed by atoms with Gasteiger partial charge in [0.1, 0.15) is 17.5 Å². The third-order valence-electron chi connectivity index (χ3n) is 5.63. The molecule has 3 aliphatic heterocycles. The molecule has 0 aromatic rings. The standard InChI is InChI=1S/C21H28O8/c1-6-26-11-13-16-14(28-18(13)23)9-19(4)7-8-21(25,29-19)20(5,24)10-15(16)27-17(22)12(2)3/h9,15,24-25H,2,6-8,10-11H2,1,3-5H3/b14-9+/t15-,19+,20+,21-/m0/s1. The molecule has 0 aliphatic carbocycles. The zero-order chi connectivity index (χ0) is 21.6. The van der Waals surface area contributed by atoms with E-state index in [9.17, 15) is 19.8 Å². The van der Waals surface area contributed by atoms with Crippen LogP contribution in [-0.2, 0) is 28.5 Å². The van der Waals surface area contributed by atoms with Crippen LogP contribution in [0.1, 0.15) is 47.0 Å². The lowest BCUT2D eigenvalue weighted by Crippen LogP contribution is -2.54. The number of hydrogen-bond acceptors (Lipinski definition) is 8. The number of aliphatic hydroxyl groups is 2. The zero-order valence-corrected chi connectivity index (χ0v) is 17.2. The van der Waals surface area contributed by atoms with E-state index in [-0.39, 0.29) is 36.4 Å². The van der Waals surface area contributed by atoms with Gasteiger partial charge >= 0.3 is 11.9 Å². The first kappa shape index (κ1) is 21.7. The summed E-state index contributed by atoms with van der Waals surface area (Å²) in [6.45, 7) is 10.4. The predicted molar refractivity (Wildman–Crippen MR) is 101 cm³/mol. The van der Waals surface area contributed by atoms with Crippen molar-refractivity contribution in [2.24, 2.45) is 0 Å². The highest BCUT2D eigenvalue weighted by atomic mass is 16.7. The molecule has 1 saturated heterocycles. The first-order valence-corrected chi connectivity index (χ1v) is 9.69. The Morgan fingerprint density at radius 2 is 2.03 bits per heavy atom. The van der Waals surface area contributed by atoms with Gasteiger partial charge in [-0.1, -0.05) is 6.58 Å². The van der Waals surface area contributed by atoms with Crippen molar-refractivity contribution >= 4 is 11.9 Å². The van der Waals surface area contributed by atoms with Crippen molar-refractivity contribution in [3.63, 3.8) is 0 Å². The van der Waals surface area contributed by atoms with Gasteiger partial charge in [0, 0.05) is 30.6 Å². The van der Waals surface area contributed by atoms with Crippen LogP contribution < -0.4 is 0 Å². The Morgan fingerprint density at radius 1 is 1.34 bits per heavy atom. The maximum absolute atomic E-state index is 12.5. The van der Waals surface area contributed by atoms with Crippen LogP contribution in [0.2, 0.25) is 0 Å². The monoisotopic (exact) mass is 408 g/mol. The summed E-state index contributed by atoms with van der Waals surface area (Å²) < 4.78 is 22.3. The molecule has 29 heavy (non-hydrogen) atoms. The average Bonchev–Trinajstić information content (AvgIpc) is 3.09. The number of carbonyl (C=O) groups excluding carboxylic acids is 2. The van der Waals surface area contributed by atoms with Crippen molar-refractivity contribution in [2.45, 2.75) is 70.1 Å². The van der Waals surface area contributed by atoms with E-state index in [1.165, 1.54) is 13.8 Å². The van der Waals surface area contributed by atoms with Gasteiger partial charge in [-0.3, -0.25) is 0 Å². The van der Waals surface area contributed by atoms with Crippen LogP contribution >= 0.6 is 0 Å². The third-order valence-corrected chi connectivity index (χ3v) is 5.63. The Hall–Kier alpha value is -2.00. The fraction of sp³-hybridized carbons (Fsp3) is 0.619. The molecule has 0 spiro atoms. The number of carbonyl (C=O) groups is 2. The van der Waals surface area contributed by atoms with Gasteiger partial charge in [0.15, 0.2) is 5.79 Å². The Morgan fingerprint density at radius 3 is 2.66 bits per heavy atom. The largest absolute Gasteiger partial charge is 0.454 e. The molecular weight excluding hydrogens is 380 g/mol. The van der Waals surface area contributed by atoms with E-state index < -0.39 is 35.0 Å². The van der Waals surface area contributed by atoms with Gasteiger partial charge in [0.2, 0.25) is 0 Å². The summed E-state index contributed by atoms with van der Waals surface area (Å²) in [5.74, 6) is -2.95. The Balaban J connectivity index is 2.17. The third kappa shape index (κ3) is 3.90. The highest BCUT2D eigenvalue weighted by Gasteiger charge is 2.58. The molecule has 0 radical (unpaired) electrons. The average molecular weight is 408 g/mol. The topological polar surface area (TPSA) is 112 Å². The molecule has 0 aromatic heterocycles. The fourth-order valence-corrected chi connectivity index (χ4v) is 3.89. The zero-order valence-electron chi connectivity index (χ0n) is 17.2. The molecule has 3 rings (SSSR count). The predicted octanol–water partition coefficient (Wildman–Crippen LogP) is 1.66. The van der Waals surface area contributed by atoms with Gasteiger partial charge in [-0.2, -0.15) is 0 Å². The highest BCUT2D eigenvalue weighted by molar-refractivity contribution is 5.95. The second kappa shape index (κ2) is 7.36. The summed E-state index contributed by atoms with van der Waals surface area (Å²) in [6, 6.07) is 0. The second-order valence-electron chi connectivity index (χ2n) is 8.28. The molecular formula is C21H28O8. The molecule has 3 heterocycles. The van der Waals surface area contributed by atoms with E-state index in [1.807, 2.05) is 0 Å². The second-order valence-corrected chi connectivity index (χ2v) is 8.28. The quantitative estimate of drug-likeness (QED) is 0.522. The van der Waals surface area contributed by atoms with Gasteiger partial charge in [-0.25, -0.2) is 9.59 Å². The SMILES string of the molecule is C=C(C)C(=O)O[C@H]1C[C@@](C)(O)[C@]2(O)CC[C@](C)(/C=C3/OC(=O)C(COCC)=C31)O2. The molecule has 2 N–H and O–H groups in total. The minimum absolute atomic E-state index is 0.0346. The van der Waals surface area contributed by atoms with Crippen LogP contribution in [0, 0.1) is 0 Å². The lowest BCUT2D eigenvalue weighted by Gasteiger charge is -2.40. The lowest BCUT2D eigenvalue weighted by molar-refractivity contribution is -0.298. The molecule has 8 nitrogen and oxygen atoms in total. The molecule has 1 fully saturated rings. The smallest absolute Gasteiger partial charge is 0.342 e. The van der Waals surface area contributed by atoms with Crippen LogP contribution in [-0.4, -0.2) is 58.5 Å². The molecule has 2 bridgehead atoms. The van der Waals surface area contributed by atoms with E-state index in [2.05, 4.69) is 6.58 Å². The van der Waals surface area contributed by atoms with E-state index in [0.29, 0.717) is 18.6 Å². The molecule has 8 heteroatoms. The molecule has 0 amide bonds. The van der Waals surface area contributed by atoms with E-state index in [4.69, 9.17) is 18.9 Å². The van der Waals surface area contributed by atoms with Crippen LogP contribution in [0.15, 0.2) is 35.1 Å². The van der Waals surface area contributed by atoms with E-state index in [1.54, 1.807) is 19.9 Å². The van der Waals surface area contributed by atoms with Gasteiger partial charge in [0.25, 0.3) is 0 Å².